The molecule has 0 unspecified atom stereocenters. The summed E-state index contributed by atoms with van der Waals surface area (Å²) in [6.07, 6.45) is 9.73. The van der Waals surface area contributed by atoms with Gasteiger partial charge in [-0.3, -0.25) is 9.59 Å². The Morgan fingerprint density at radius 3 is 1.96 bits per heavy atom. The minimum atomic E-state index is -0.489. The van der Waals surface area contributed by atoms with Crippen molar-refractivity contribution in [2.24, 2.45) is 0 Å². The monoisotopic (exact) mass is 350 g/mol. The lowest BCUT2D eigenvalue weighted by molar-refractivity contribution is -0.134. The number of rotatable bonds is 12. The van der Waals surface area contributed by atoms with Crippen LogP contribution in [0.15, 0.2) is 18.2 Å². The van der Waals surface area contributed by atoms with Crippen LogP contribution >= 0.6 is 0 Å². The molecule has 1 aromatic carbocycles. The molecule has 0 spiro atoms. The van der Waals surface area contributed by atoms with Gasteiger partial charge in [0, 0.05) is 13.8 Å². The van der Waals surface area contributed by atoms with Crippen molar-refractivity contribution in [2.45, 2.75) is 72.1 Å². The third-order valence-corrected chi connectivity index (χ3v) is 3.70. The van der Waals surface area contributed by atoms with Crippen LogP contribution in [-0.2, 0) is 9.59 Å². The van der Waals surface area contributed by atoms with Gasteiger partial charge < -0.3 is 14.2 Å². The fourth-order valence-corrected chi connectivity index (χ4v) is 2.51. The lowest BCUT2D eigenvalue weighted by Gasteiger charge is -2.14. The average molecular weight is 350 g/mol. The normalized spacial score (nSPS) is 10.4. The Bertz CT molecular complexity index is 539. The number of hydrogen-bond acceptors (Lipinski definition) is 5. The fraction of sp³-hybridized carbons (Fsp3) is 0.600. The molecule has 0 aliphatic rings. The zero-order valence-electron chi connectivity index (χ0n) is 15.6. The molecule has 0 atom stereocenters. The van der Waals surface area contributed by atoms with E-state index >= 15 is 0 Å². The first-order valence-electron chi connectivity index (χ1n) is 9.17. The second-order valence-corrected chi connectivity index (χ2v) is 6.09. The van der Waals surface area contributed by atoms with E-state index in [1.165, 1.54) is 52.4 Å². The second-order valence-electron chi connectivity index (χ2n) is 6.09. The van der Waals surface area contributed by atoms with Crippen molar-refractivity contribution >= 4 is 11.9 Å². The molecule has 0 N–H and O–H groups in total. The zero-order chi connectivity index (χ0) is 18.5. The Balaban J connectivity index is 2.46. The van der Waals surface area contributed by atoms with Crippen molar-refractivity contribution in [1.29, 1.82) is 0 Å². The highest BCUT2D eigenvalue weighted by molar-refractivity contribution is 5.75. The smallest absolute Gasteiger partial charge is 0.308 e. The molecule has 0 saturated heterocycles. The van der Waals surface area contributed by atoms with E-state index in [1.54, 1.807) is 18.2 Å². The molecule has 0 fully saturated rings. The summed E-state index contributed by atoms with van der Waals surface area (Å²) in [6, 6.07) is 4.98. The molecular weight excluding hydrogens is 320 g/mol. The molecule has 0 saturated carbocycles. The van der Waals surface area contributed by atoms with Crippen LogP contribution in [0.5, 0.6) is 17.2 Å². The Kier molecular flexibility index (Phi) is 10.4. The van der Waals surface area contributed by atoms with Crippen LogP contribution in [0.1, 0.15) is 72.1 Å². The third kappa shape index (κ3) is 9.13. The van der Waals surface area contributed by atoms with Gasteiger partial charge in [-0.25, -0.2) is 0 Å². The van der Waals surface area contributed by atoms with Crippen molar-refractivity contribution in [3.05, 3.63) is 18.2 Å². The minimum absolute atomic E-state index is 0.157. The first kappa shape index (κ1) is 21.0. The van der Waals surface area contributed by atoms with E-state index in [0.717, 1.165) is 12.8 Å². The summed E-state index contributed by atoms with van der Waals surface area (Å²) in [4.78, 5) is 22.5. The minimum Gasteiger partial charge on any atom is -0.490 e. The number of carbonyl (C=O) groups excluding carboxylic acids is 2. The molecule has 0 bridgehead atoms. The predicted octanol–water partition coefficient (Wildman–Crippen LogP) is 5.06. The fourth-order valence-electron chi connectivity index (χ4n) is 2.51. The first-order valence-corrected chi connectivity index (χ1v) is 9.17. The molecule has 25 heavy (non-hydrogen) atoms. The summed E-state index contributed by atoms with van der Waals surface area (Å²) in [5.41, 5.74) is 0. The summed E-state index contributed by atoms with van der Waals surface area (Å²) in [5, 5.41) is 0. The van der Waals surface area contributed by atoms with Crippen LogP contribution in [0, 0.1) is 0 Å². The maximum absolute atomic E-state index is 11.3. The topological polar surface area (TPSA) is 61.8 Å². The highest BCUT2D eigenvalue weighted by Gasteiger charge is 2.16. The van der Waals surface area contributed by atoms with Gasteiger partial charge in [0.2, 0.25) is 5.75 Å². The van der Waals surface area contributed by atoms with E-state index < -0.39 is 11.9 Å². The number of carbonyl (C=O) groups is 2. The quantitative estimate of drug-likeness (QED) is 0.300. The summed E-state index contributed by atoms with van der Waals surface area (Å²) in [5.74, 6) is -0.206. The lowest BCUT2D eigenvalue weighted by atomic mass is 10.1. The SMILES string of the molecule is CCCCCCCCCCOc1cccc(OC(C)=O)c1OC(C)=O. The van der Waals surface area contributed by atoms with Gasteiger partial charge in [-0.1, -0.05) is 57.9 Å². The van der Waals surface area contributed by atoms with Crippen molar-refractivity contribution in [1.82, 2.24) is 0 Å². The maximum Gasteiger partial charge on any atom is 0.308 e. The summed E-state index contributed by atoms with van der Waals surface area (Å²) in [7, 11) is 0. The lowest BCUT2D eigenvalue weighted by Crippen LogP contribution is -2.09. The van der Waals surface area contributed by atoms with Crippen molar-refractivity contribution < 1.29 is 23.8 Å². The van der Waals surface area contributed by atoms with Gasteiger partial charge in [-0.15, -0.1) is 0 Å². The molecule has 140 valence electrons. The number of esters is 2. The molecule has 0 radical (unpaired) electrons. The second kappa shape index (κ2) is 12.3. The maximum atomic E-state index is 11.3. The van der Waals surface area contributed by atoms with Crippen LogP contribution in [0.3, 0.4) is 0 Å². The van der Waals surface area contributed by atoms with Crippen molar-refractivity contribution in [3.8, 4) is 17.2 Å². The van der Waals surface area contributed by atoms with Crippen LogP contribution < -0.4 is 14.2 Å². The molecule has 0 aliphatic carbocycles. The largest absolute Gasteiger partial charge is 0.490 e. The standard InChI is InChI=1S/C20H30O5/c1-4-5-6-7-8-9-10-11-15-23-18-13-12-14-19(24-16(2)21)20(18)25-17(3)22/h12-14H,4-11,15H2,1-3H3. The Morgan fingerprint density at radius 2 is 1.36 bits per heavy atom. The van der Waals surface area contributed by atoms with E-state index in [9.17, 15) is 9.59 Å². The van der Waals surface area contributed by atoms with Crippen molar-refractivity contribution in [3.63, 3.8) is 0 Å². The Hall–Kier alpha value is -2.04. The van der Waals surface area contributed by atoms with E-state index in [-0.39, 0.29) is 11.5 Å². The van der Waals surface area contributed by atoms with Gasteiger partial charge in [0.1, 0.15) is 0 Å². The van der Waals surface area contributed by atoms with E-state index in [1.807, 2.05) is 0 Å². The highest BCUT2D eigenvalue weighted by atomic mass is 16.6. The molecule has 1 rings (SSSR count). The Morgan fingerprint density at radius 1 is 0.800 bits per heavy atom. The summed E-state index contributed by atoms with van der Waals surface area (Å²) in [6.45, 7) is 5.35. The molecule has 5 heteroatoms. The third-order valence-electron chi connectivity index (χ3n) is 3.70. The van der Waals surface area contributed by atoms with Crippen LogP contribution in [0.2, 0.25) is 0 Å². The molecule has 0 amide bonds. The van der Waals surface area contributed by atoms with Crippen molar-refractivity contribution in [2.75, 3.05) is 6.61 Å². The number of benzene rings is 1. The van der Waals surface area contributed by atoms with Gasteiger partial charge >= 0.3 is 11.9 Å². The van der Waals surface area contributed by atoms with Crippen LogP contribution in [0.4, 0.5) is 0 Å². The van der Waals surface area contributed by atoms with E-state index in [2.05, 4.69) is 6.92 Å². The number of unbranched alkanes of at least 4 members (excludes halogenated alkanes) is 7. The zero-order valence-corrected chi connectivity index (χ0v) is 15.6. The first-order chi connectivity index (χ1) is 12.0. The van der Waals surface area contributed by atoms with Gasteiger partial charge in [0.25, 0.3) is 0 Å². The van der Waals surface area contributed by atoms with Gasteiger partial charge in [0.15, 0.2) is 11.5 Å². The predicted molar refractivity (Wildman–Crippen MR) is 97.2 cm³/mol. The van der Waals surface area contributed by atoms with Gasteiger partial charge in [0.05, 0.1) is 6.61 Å². The Labute approximate surface area is 150 Å². The number of hydrogen-bond donors (Lipinski definition) is 0. The van der Waals surface area contributed by atoms with E-state index in [0.29, 0.717) is 12.4 Å². The number of para-hydroxylation sites is 1. The summed E-state index contributed by atoms with van der Waals surface area (Å²) >= 11 is 0. The summed E-state index contributed by atoms with van der Waals surface area (Å²) < 4.78 is 16.0. The number of ether oxygens (including phenoxy) is 3. The average Bonchev–Trinajstić information content (AvgIpc) is 2.55. The molecule has 1 aromatic rings. The van der Waals surface area contributed by atoms with Crippen LogP contribution in [0.25, 0.3) is 0 Å². The molecule has 0 heterocycles. The van der Waals surface area contributed by atoms with Gasteiger partial charge in [-0.05, 0) is 18.6 Å². The molecular formula is C20H30O5. The molecule has 0 aromatic heterocycles. The molecule has 0 aliphatic heterocycles. The van der Waals surface area contributed by atoms with Crippen LogP contribution in [-0.4, -0.2) is 18.5 Å². The highest BCUT2D eigenvalue weighted by Crippen LogP contribution is 2.37. The molecule has 5 nitrogen and oxygen atoms in total. The van der Waals surface area contributed by atoms with E-state index in [4.69, 9.17) is 14.2 Å². The van der Waals surface area contributed by atoms with Gasteiger partial charge in [-0.2, -0.15) is 0 Å².